The molecule has 0 aliphatic heterocycles. The summed E-state index contributed by atoms with van der Waals surface area (Å²) in [7, 11) is 2.02. The van der Waals surface area contributed by atoms with Gasteiger partial charge in [0.25, 0.3) is 0 Å². The minimum absolute atomic E-state index is 0.435. The highest BCUT2D eigenvalue weighted by Crippen LogP contribution is 2.24. The van der Waals surface area contributed by atoms with E-state index in [9.17, 15) is 0 Å². The molecular formula is C17H24BrN3. The van der Waals surface area contributed by atoms with Gasteiger partial charge in [0, 0.05) is 13.1 Å². The monoisotopic (exact) mass is 349 g/mol. The van der Waals surface area contributed by atoms with E-state index in [1.807, 2.05) is 18.7 Å². The SMILES string of the molecule is CCNC(CCCc1c(Br)c(C)nn1C)c1ccccc1. The van der Waals surface area contributed by atoms with Gasteiger partial charge in [0.1, 0.15) is 0 Å². The summed E-state index contributed by atoms with van der Waals surface area (Å²) >= 11 is 3.64. The van der Waals surface area contributed by atoms with Crippen molar-refractivity contribution in [2.45, 2.75) is 39.2 Å². The second-order valence-corrected chi connectivity index (χ2v) is 6.18. The summed E-state index contributed by atoms with van der Waals surface area (Å²) in [5, 5.41) is 8.04. The molecule has 1 heterocycles. The number of nitrogens with zero attached hydrogens (tertiary/aromatic N) is 2. The lowest BCUT2D eigenvalue weighted by Crippen LogP contribution is -2.21. The predicted molar refractivity (Wildman–Crippen MR) is 91.4 cm³/mol. The van der Waals surface area contributed by atoms with Crippen molar-refractivity contribution in [3.05, 3.63) is 51.8 Å². The Labute approximate surface area is 135 Å². The van der Waals surface area contributed by atoms with E-state index in [1.165, 1.54) is 11.3 Å². The summed E-state index contributed by atoms with van der Waals surface area (Å²) in [6, 6.07) is 11.1. The van der Waals surface area contributed by atoms with Crippen LogP contribution >= 0.6 is 15.9 Å². The molecule has 0 radical (unpaired) electrons. The number of halogens is 1. The van der Waals surface area contributed by atoms with Crippen LogP contribution in [0.2, 0.25) is 0 Å². The van der Waals surface area contributed by atoms with Gasteiger partial charge in [-0.2, -0.15) is 5.10 Å². The van der Waals surface area contributed by atoms with Crippen molar-refractivity contribution in [1.82, 2.24) is 15.1 Å². The molecule has 0 aliphatic carbocycles. The number of hydrogen-bond donors (Lipinski definition) is 1. The normalized spacial score (nSPS) is 12.6. The lowest BCUT2D eigenvalue weighted by molar-refractivity contribution is 0.493. The maximum absolute atomic E-state index is 4.46. The van der Waals surface area contributed by atoms with Gasteiger partial charge in [0.2, 0.25) is 0 Å². The van der Waals surface area contributed by atoms with Gasteiger partial charge in [-0.1, -0.05) is 37.3 Å². The highest BCUT2D eigenvalue weighted by atomic mass is 79.9. The standard InChI is InChI=1S/C17H24BrN3/c1-4-19-15(14-9-6-5-7-10-14)11-8-12-16-17(18)13(2)20-21(16)3/h5-7,9-10,15,19H,4,8,11-12H2,1-3H3. The van der Waals surface area contributed by atoms with E-state index in [0.29, 0.717) is 6.04 Å². The van der Waals surface area contributed by atoms with E-state index in [1.54, 1.807) is 0 Å². The minimum Gasteiger partial charge on any atom is -0.310 e. The number of aryl methyl sites for hydroxylation is 2. The molecular weight excluding hydrogens is 326 g/mol. The van der Waals surface area contributed by atoms with Gasteiger partial charge in [0.05, 0.1) is 15.9 Å². The number of benzene rings is 1. The molecule has 0 amide bonds. The van der Waals surface area contributed by atoms with Crippen molar-refractivity contribution in [1.29, 1.82) is 0 Å². The smallest absolute Gasteiger partial charge is 0.0738 e. The average molecular weight is 350 g/mol. The Bertz CT molecular complexity index is 563. The molecule has 0 saturated carbocycles. The van der Waals surface area contributed by atoms with Crippen LogP contribution in [-0.2, 0) is 13.5 Å². The van der Waals surface area contributed by atoms with E-state index in [2.05, 4.69) is 63.6 Å². The molecule has 1 N–H and O–H groups in total. The third-order valence-electron chi connectivity index (χ3n) is 3.82. The molecule has 1 aromatic carbocycles. The van der Waals surface area contributed by atoms with Crippen molar-refractivity contribution in [2.75, 3.05) is 6.54 Å². The first kappa shape index (κ1) is 16.2. The van der Waals surface area contributed by atoms with Crippen LogP contribution < -0.4 is 5.32 Å². The Morgan fingerprint density at radius 2 is 2.00 bits per heavy atom. The number of nitrogens with one attached hydrogen (secondary N) is 1. The van der Waals surface area contributed by atoms with Crippen molar-refractivity contribution in [3.63, 3.8) is 0 Å². The second-order valence-electron chi connectivity index (χ2n) is 5.38. The number of rotatable bonds is 7. The third kappa shape index (κ3) is 4.17. The van der Waals surface area contributed by atoms with E-state index < -0.39 is 0 Å². The largest absolute Gasteiger partial charge is 0.310 e. The van der Waals surface area contributed by atoms with Gasteiger partial charge in [-0.3, -0.25) is 4.68 Å². The molecule has 0 bridgehead atoms. The second kappa shape index (κ2) is 7.76. The average Bonchev–Trinajstić information content (AvgIpc) is 2.73. The van der Waals surface area contributed by atoms with Gasteiger partial charge >= 0.3 is 0 Å². The summed E-state index contributed by atoms with van der Waals surface area (Å²) in [6.07, 6.45) is 3.32. The Morgan fingerprint density at radius 3 is 2.57 bits per heavy atom. The molecule has 1 atom stereocenters. The lowest BCUT2D eigenvalue weighted by Gasteiger charge is -2.18. The Balaban J connectivity index is 1.96. The first-order chi connectivity index (χ1) is 10.1. The summed E-state index contributed by atoms with van der Waals surface area (Å²) in [4.78, 5) is 0. The van der Waals surface area contributed by atoms with Crippen molar-refractivity contribution in [3.8, 4) is 0 Å². The van der Waals surface area contributed by atoms with E-state index in [4.69, 9.17) is 0 Å². The maximum atomic E-state index is 4.46. The Kier molecular flexibility index (Phi) is 6.00. The molecule has 0 aliphatic rings. The van der Waals surface area contributed by atoms with Crippen molar-refractivity contribution >= 4 is 15.9 Å². The fourth-order valence-electron chi connectivity index (χ4n) is 2.74. The lowest BCUT2D eigenvalue weighted by atomic mass is 10.0. The van der Waals surface area contributed by atoms with Gasteiger partial charge in [-0.25, -0.2) is 0 Å². The van der Waals surface area contributed by atoms with E-state index in [0.717, 1.165) is 36.0 Å². The van der Waals surface area contributed by atoms with Crippen molar-refractivity contribution in [2.24, 2.45) is 7.05 Å². The van der Waals surface area contributed by atoms with Crippen LogP contribution in [-0.4, -0.2) is 16.3 Å². The summed E-state index contributed by atoms with van der Waals surface area (Å²) in [5.74, 6) is 0. The molecule has 2 rings (SSSR count). The molecule has 1 unspecified atom stereocenters. The van der Waals surface area contributed by atoms with Gasteiger partial charge < -0.3 is 5.32 Å². The minimum atomic E-state index is 0.435. The quantitative estimate of drug-likeness (QED) is 0.812. The highest BCUT2D eigenvalue weighted by Gasteiger charge is 2.13. The fraction of sp³-hybridized carbons (Fsp3) is 0.471. The first-order valence-electron chi connectivity index (χ1n) is 7.59. The van der Waals surface area contributed by atoms with Crippen LogP contribution in [0, 0.1) is 6.92 Å². The first-order valence-corrected chi connectivity index (χ1v) is 8.39. The molecule has 114 valence electrons. The van der Waals surface area contributed by atoms with E-state index >= 15 is 0 Å². The summed E-state index contributed by atoms with van der Waals surface area (Å²) in [5.41, 5.74) is 3.73. The maximum Gasteiger partial charge on any atom is 0.0738 e. The topological polar surface area (TPSA) is 29.9 Å². The molecule has 0 fully saturated rings. The summed E-state index contributed by atoms with van der Waals surface area (Å²) in [6.45, 7) is 5.20. The zero-order chi connectivity index (χ0) is 15.2. The molecule has 2 aromatic rings. The molecule has 1 aromatic heterocycles. The van der Waals surface area contributed by atoms with Gasteiger partial charge in [-0.15, -0.1) is 0 Å². The Morgan fingerprint density at radius 1 is 1.29 bits per heavy atom. The van der Waals surface area contributed by atoms with E-state index in [-0.39, 0.29) is 0 Å². The highest BCUT2D eigenvalue weighted by molar-refractivity contribution is 9.10. The summed E-state index contributed by atoms with van der Waals surface area (Å²) < 4.78 is 3.15. The molecule has 0 spiro atoms. The third-order valence-corrected chi connectivity index (χ3v) is 4.85. The van der Waals surface area contributed by atoms with Crippen LogP contribution in [0.5, 0.6) is 0 Å². The fourth-order valence-corrected chi connectivity index (χ4v) is 3.28. The van der Waals surface area contributed by atoms with Gasteiger partial charge in [0.15, 0.2) is 0 Å². The number of hydrogen-bond acceptors (Lipinski definition) is 2. The Hall–Kier alpha value is -1.13. The zero-order valence-electron chi connectivity index (χ0n) is 13.1. The van der Waals surface area contributed by atoms with Crippen LogP contribution in [0.1, 0.15) is 42.8 Å². The molecule has 3 nitrogen and oxygen atoms in total. The van der Waals surface area contributed by atoms with Crippen molar-refractivity contribution < 1.29 is 0 Å². The van der Waals surface area contributed by atoms with Crippen LogP contribution in [0.4, 0.5) is 0 Å². The van der Waals surface area contributed by atoms with Crippen LogP contribution in [0.3, 0.4) is 0 Å². The number of aromatic nitrogens is 2. The molecule has 21 heavy (non-hydrogen) atoms. The van der Waals surface area contributed by atoms with Crippen LogP contribution in [0.25, 0.3) is 0 Å². The molecule has 4 heteroatoms. The predicted octanol–water partition coefficient (Wildman–Crippen LogP) is 4.16. The van der Waals surface area contributed by atoms with Crippen LogP contribution in [0.15, 0.2) is 34.8 Å². The zero-order valence-corrected chi connectivity index (χ0v) is 14.7. The molecule has 0 saturated heterocycles. The van der Waals surface area contributed by atoms with Gasteiger partial charge in [-0.05, 0) is 54.2 Å².